The summed E-state index contributed by atoms with van der Waals surface area (Å²) in [5.41, 5.74) is -0.543. The highest BCUT2D eigenvalue weighted by Gasteiger charge is 2.31. The first kappa shape index (κ1) is 19.5. The van der Waals surface area contributed by atoms with Crippen molar-refractivity contribution in [2.24, 2.45) is 0 Å². The maximum atomic E-state index is 13.7. The molecule has 9 heteroatoms. The lowest BCUT2D eigenvalue weighted by Gasteiger charge is -2.18. The number of carbonyl (C=O) groups excluding carboxylic acids is 1. The number of benzene rings is 2. The van der Waals surface area contributed by atoms with Gasteiger partial charge in [0, 0.05) is 25.6 Å². The Morgan fingerprint density at radius 1 is 1.14 bits per heavy atom. The van der Waals surface area contributed by atoms with E-state index in [1.807, 2.05) is 0 Å². The molecule has 0 bridgehead atoms. The van der Waals surface area contributed by atoms with Gasteiger partial charge < -0.3 is 9.42 Å². The van der Waals surface area contributed by atoms with Gasteiger partial charge in [0.1, 0.15) is 5.82 Å². The van der Waals surface area contributed by atoms with E-state index >= 15 is 0 Å². The largest absolute Gasteiger partial charge is 0.416 e. The van der Waals surface area contributed by atoms with Crippen LogP contribution in [0.3, 0.4) is 0 Å². The maximum Gasteiger partial charge on any atom is 0.416 e. The van der Waals surface area contributed by atoms with Crippen LogP contribution in [-0.2, 0) is 17.4 Å². The first-order chi connectivity index (χ1) is 13.3. The maximum absolute atomic E-state index is 13.7. The smallest absolute Gasteiger partial charge is 0.339 e. The van der Waals surface area contributed by atoms with Crippen molar-refractivity contribution < 1.29 is 26.9 Å². The van der Waals surface area contributed by atoms with Crippen molar-refractivity contribution >= 4 is 11.6 Å². The average Bonchev–Trinajstić information content (AvgIpc) is 3.14. The molecule has 0 atom stereocenters. The fraction of sp³-hybridized carbons (Fsp3) is 0.211. The van der Waals surface area contributed by atoms with Crippen LogP contribution >= 0.6 is 0 Å². The molecular formula is C19H15F4N3O2. The number of amides is 1. The Labute approximate surface area is 157 Å². The Hall–Kier alpha value is -3.23. The third-order valence-electron chi connectivity index (χ3n) is 4.07. The lowest BCUT2D eigenvalue weighted by Crippen LogP contribution is -2.26. The molecule has 0 aliphatic heterocycles. The van der Waals surface area contributed by atoms with Crippen molar-refractivity contribution in [3.05, 3.63) is 65.8 Å². The molecule has 3 rings (SSSR count). The molecule has 0 N–H and O–H groups in total. The third kappa shape index (κ3) is 4.36. The van der Waals surface area contributed by atoms with Crippen LogP contribution in [0.2, 0.25) is 0 Å². The van der Waals surface area contributed by atoms with Crippen LogP contribution in [0.1, 0.15) is 17.9 Å². The third-order valence-corrected chi connectivity index (χ3v) is 4.07. The Bertz CT molecular complexity index is 985. The van der Waals surface area contributed by atoms with Crippen molar-refractivity contribution in [1.29, 1.82) is 0 Å². The Morgan fingerprint density at radius 2 is 1.89 bits per heavy atom. The van der Waals surface area contributed by atoms with Gasteiger partial charge in [0.15, 0.2) is 0 Å². The van der Waals surface area contributed by atoms with Crippen molar-refractivity contribution in [1.82, 2.24) is 10.1 Å². The topological polar surface area (TPSA) is 59.2 Å². The van der Waals surface area contributed by atoms with Gasteiger partial charge in [-0.3, -0.25) is 4.79 Å². The van der Waals surface area contributed by atoms with Gasteiger partial charge in [-0.2, -0.15) is 18.2 Å². The number of nitrogens with zero attached hydrogens (tertiary/aromatic N) is 3. The van der Waals surface area contributed by atoms with Crippen LogP contribution in [0.5, 0.6) is 0 Å². The highest BCUT2D eigenvalue weighted by molar-refractivity contribution is 5.92. The minimum absolute atomic E-state index is 0.0618. The molecule has 146 valence electrons. The zero-order chi connectivity index (χ0) is 20.3. The molecule has 0 spiro atoms. The first-order valence-corrected chi connectivity index (χ1v) is 8.27. The van der Waals surface area contributed by atoms with Crippen molar-refractivity contribution in [3.8, 4) is 11.4 Å². The normalized spacial score (nSPS) is 11.5. The number of alkyl halides is 3. The molecule has 0 fully saturated rings. The molecule has 0 aliphatic carbocycles. The molecule has 0 aliphatic rings. The van der Waals surface area contributed by atoms with Gasteiger partial charge in [-0.25, -0.2) is 4.39 Å². The highest BCUT2D eigenvalue weighted by atomic mass is 19.4. The predicted octanol–water partition coefficient (Wildman–Crippen LogP) is 4.49. The van der Waals surface area contributed by atoms with Crippen LogP contribution in [0.25, 0.3) is 11.4 Å². The van der Waals surface area contributed by atoms with Crippen molar-refractivity contribution in [3.63, 3.8) is 0 Å². The lowest BCUT2D eigenvalue weighted by molar-refractivity contribution is -0.137. The van der Waals surface area contributed by atoms with E-state index in [-0.39, 0.29) is 35.8 Å². The second-order valence-electron chi connectivity index (χ2n) is 5.99. The standard InChI is InChI=1S/C19H15F4N3O2/c1-26(13-6-4-5-12(11-13)19(21,22)23)17(27)10-9-16-24-18(25-28-16)14-7-2-3-8-15(14)20/h2-8,11H,9-10H2,1H3. The van der Waals surface area contributed by atoms with Crippen LogP contribution in [0.4, 0.5) is 23.2 Å². The van der Waals surface area contributed by atoms with Crippen LogP contribution in [0, 0.1) is 5.82 Å². The summed E-state index contributed by atoms with van der Waals surface area (Å²) in [4.78, 5) is 17.5. The fourth-order valence-corrected chi connectivity index (χ4v) is 2.52. The summed E-state index contributed by atoms with van der Waals surface area (Å²) < 4.78 is 57.2. The van der Waals surface area contributed by atoms with Gasteiger partial charge in [0.2, 0.25) is 17.6 Å². The van der Waals surface area contributed by atoms with Crippen LogP contribution in [0.15, 0.2) is 53.1 Å². The van der Waals surface area contributed by atoms with Gasteiger partial charge >= 0.3 is 6.18 Å². The Balaban J connectivity index is 1.65. The van der Waals surface area contributed by atoms with E-state index in [0.29, 0.717) is 0 Å². The summed E-state index contributed by atoms with van der Waals surface area (Å²) in [6.07, 6.45) is -4.48. The van der Waals surface area contributed by atoms with Gasteiger partial charge in [-0.05, 0) is 30.3 Å². The molecular weight excluding hydrogens is 378 g/mol. The molecule has 0 unspecified atom stereocenters. The van der Waals surface area contributed by atoms with E-state index in [1.54, 1.807) is 6.07 Å². The number of hydrogen-bond acceptors (Lipinski definition) is 4. The average molecular weight is 393 g/mol. The molecule has 0 saturated carbocycles. The van der Waals surface area contributed by atoms with Gasteiger partial charge in [0.05, 0.1) is 11.1 Å². The number of rotatable bonds is 5. The van der Waals surface area contributed by atoms with E-state index in [9.17, 15) is 22.4 Å². The van der Waals surface area contributed by atoms with E-state index in [2.05, 4.69) is 10.1 Å². The SMILES string of the molecule is CN(C(=O)CCc1nc(-c2ccccc2F)no1)c1cccc(C(F)(F)F)c1. The number of halogens is 4. The van der Waals surface area contributed by atoms with E-state index < -0.39 is 23.5 Å². The van der Waals surface area contributed by atoms with Crippen LogP contribution in [-0.4, -0.2) is 23.1 Å². The molecule has 0 saturated heterocycles. The summed E-state index contributed by atoms with van der Waals surface area (Å²) in [6, 6.07) is 10.4. The molecule has 5 nitrogen and oxygen atoms in total. The summed E-state index contributed by atoms with van der Waals surface area (Å²) in [7, 11) is 1.39. The molecule has 1 amide bonds. The monoisotopic (exact) mass is 393 g/mol. The number of hydrogen-bond donors (Lipinski definition) is 0. The molecule has 0 radical (unpaired) electrons. The minimum Gasteiger partial charge on any atom is -0.339 e. The Kier molecular flexibility index (Phi) is 5.43. The zero-order valence-corrected chi connectivity index (χ0v) is 14.7. The van der Waals surface area contributed by atoms with Crippen LogP contribution < -0.4 is 4.90 Å². The molecule has 28 heavy (non-hydrogen) atoms. The molecule has 2 aromatic carbocycles. The zero-order valence-electron chi connectivity index (χ0n) is 14.7. The minimum atomic E-state index is -4.49. The summed E-state index contributed by atoms with van der Waals surface area (Å²) in [6.45, 7) is 0. The van der Waals surface area contributed by atoms with Crippen molar-refractivity contribution in [2.45, 2.75) is 19.0 Å². The van der Waals surface area contributed by atoms with E-state index in [1.165, 1.54) is 37.4 Å². The summed E-state index contributed by atoms with van der Waals surface area (Å²) in [5, 5.41) is 3.69. The van der Waals surface area contributed by atoms with E-state index in [4.69, 9.17) is 4.52 Å². The molecule has 3 aromatic rings. The molecule has 1 aromatic heterocycles. The quantitative estimate of drug-likeness (QED) is 0.600. The second kappa shape index (κ2) is 7.79. The second-order valence-corrected chi connectivity index (χ2v) is 5.99. The Morgan fingerprint density at radius 3 is 2.61 bits per heavy atom. The number of anilines is 1. The van der Waals surface area contributed by atoms with Gasteiger partial charge in [-0.15, -0.1) is 0 Å². The molecule has 1 heterocycles. The fourth-order valence-electron chi connectivity index (χ4n) is 2.52. The number of carbonyl (C=O) groups is 1. The van der Waals surface area contributed by atoms with Gasteiger partial charge in [-0.1, -0.05) is 23.4 Å². The predicted molar refractivity (Wildman–Crippen MR) is 92.9 cm³/mol. The highest BCUT2D eigenvalue weighted by Crippen LogP contribution is 2.31. The summed E-state index contributed by atoms with van der Waals surface area (Å²) >= 11 is 0. The first-order valence-electron chi connectivity index (χ1n) is 8.27. The lowest BCUT2D eigenvalue weighted by atomic mass is 10.1. The van der Waals surface area contributed by atoms with E-state index in [0.717, 1.165) is 17.0 Å². The number of aryl methyl sites for hydroxylation is 1. The van der Waals surface area contributed by atoms with Gasteiger partial charge in [0.25, 0.3) is 0 Å². The van der Waals surface area contributed by atoms with Crippen molar-refractivity contribution in [2.75, 3.05) is 11.9 Å². The summed E-state index contributed by atoms with van der Waals surface area (Å²) in [5.74, 6) is -0.740. The number of aromatic nitrogens is 2.